The van der Waals surface area contributed by atoms with Crippen molar-refractivity contribution in [2.75, 3.05) is 17.6 Å². The molecule has 0 radical (unpaired) electrons. The van der Waals surface area contributed by atoms with Crippen LogP contribution in [0.4, 0.5) is 5.69 Å². The average molecular weight is 365 g/mol. The molecule has 1 aliphatic rings. The Morgan fingerprint density at radius 1 is 1.08 bits per heavy atom. The van der Waals surface area contributed by atoms with E-state index in [0.29, 0.717) is 5.56 Å². The molecule has 3 nitrogen and oxygen atoms in total. The second-order valence-electron chi connectivity index (χ2n) is 6.58. The number of aliphatic imine (C=N–C) groups is 1. The van der Waals surface area contributed by atoms with Crippen molar-refractivity contribution in [1.29, 1.82) is 0 Å². The Hall–Kier alpha value is -2.33. The van der Waals surface area contributed by atoms with Crippen LogP contribution in [0.25, 0.3) is 6.08 Å². The molecule has 0 amide bonds. The number of hydrogen-bond donors (Lipinski definition) is 1. The van der Waals surface area contributed by atoms with E-state index in [-0.39, 0.29) is 5.78 Å². The SMILES string of the molecule is Cc1cc(C)c(C=CC(=O)c2ccc(NC3=NCCCS3)cc2)cc1C. The third kappa shape index (κ3) is 4.64. The zero-order valence-corrected chi connectivity index (χ0v) is 16.3. The van der Waals surface area contributed by atoms with Crippen molar-refractivity contribution in [3.8, 4) is 0 Å². The third-order valence-electron chi connectivity index (χ3n) is 4.51. The number of hydrogen-bond acceptors (Lipinski definition) is 4. The summed E-state index contributed by atoms with van der Waals surface area (Å²) in [6, 6.07) is 11.9. The molecule has 0 bridgehead atoms. The summed E-state index contributed by atoms with van der Waals surface area (Å²) in [4.78, 5) is 16.9. The van der Waals surface area contributed by atoms with E-state index in [4.69, 9.17) is 0 Å². The summed E-state index contributed by atoms with van der Waals surface area (Å²) in [6.45, 7) is 7.15. The number of rotatable bonds is 4. The number of carbonyl (C=O) groups is 1. The molecule has 0 aromatic heterocycles. The maximum absolute atomic E-state index is 12.4. The van der Waals surface area contributed by atoms with Crippen molar-refractivity contribution < 1.29 is 4.79 Å². The molecule has 4 heteroatoms. The molecule has 1 heterocycles. The zero-order valence-electron chi connectivity index (χ0n) is 15.5. The van der Waals surface area contributed by atoms with Gasteiger partial charge >= 0.3 is 0 Å². The number of allylic oxidation sites excluding steroid dienone is 1. The van der Waals surface area contributed by atoms with Gasteiger partial charge in [-0.15, -0.1) is 0 Å². The summed E-state index contributed by atoms with van der Waals surface area (Å²) in [6.07, 6.45) is 4.69. The summed E-state index contributed by atoms with van der Waals surface area (Å²) < 4.78 is 0. The molecule has 0 spiro atoms. The van der Waals surface area contributed by atoms with Gasteiger partial charge in [-0.2, -0.15) is 0 Å². The van der Waals surface area contributed by atoms with Gasteiger partial charge in [-0.3, -0.25) is 9.79 Å². The standard InChI is InChI=1S/C22H24N2OS/c1-15-13-17(3)19(14-16(15)2)7-10-21(25)18-5-8-20(9-6-18)24-22-23-11-4-12-26-22/h5-10,13-14H,4,11-12H2,1-3H3,(H,23,24). The Morgan fingerprint density at radius 3 is 2.50 bits per heavy atom. The molecule has 134 valence electrons. The van der Waals surface area contributed by atoms with Crippen LogP contribution in [0.5, 0.6) is 0 Å². The minimum atomic E-state index is 0.0126. The van der Waals surface area contributed by atoms with Gasteiger partial charge in [0.05, 0.1) is 0 Å². The molecule has 0 fully saturated rings. The molecular formula is C22H24N2OS. The Morgan fingerprint density at radius 2 is 1.81 bits per heavy atom. The number of thioether (sulfide) groups is 1. The molecule has 2 aromatic carbocycles. The lowest BCUT2D eigenvalue weighted by Crippen LogP contribution is -2.13. The van der Waals surface area contributed by atoms with Gasteiger partial charge in [0.15, 0.2) is 11.0 Å². The van der Waals surface area contributed by atoms with Gasteiger partial charge in [-0.05, 0) is 79.8 Å². The molecule has 0 saturated carbocycles. The molecule has 1 aliphatic heterocycles. The largest absolute Gasteiger partial charge is 0.335 e. The molecule has 3 rings (SSSR count). The van der Waals surface area contributed by atoms with Crippen LogP contribution in [0.3, 0.4) is 0 Å². The van der Waals surface area contributed by atoms with E-state index >= 15 is 0 Å². The topological polar surface area (TPSA) is 41.5 Å². The van der Waals surface area contributed by atoms with Gasteiger partial charge in [-0.1, -0.05) is 30.0 Å². The monoisotopic (exact) mass is 364 g/mol. The maximum atomic E-state index is 12.4. The summed E-state index contributed by atoms with van der Waals surface area (Å²) in [5.41, 5.74) is 6.43. The van der Waals surface area contributed by atoms with Gasteiger partial charge in [0.25, 0.3) is 0 Å². The number of nitrogens with one attached hydrogen (secondary N) is 1. The number of ketones is 1. The normalized spacial score (nSPS) is 14.3. The first-order chi connectivity index (χ1) is 12.5. The fourth-order valence-electron chi connectivity index (χ4n) is 2.80. The molecule has 0 atom stereocenters. The zero-order chi connectivity index (χ0) is 18.5. The van der Waals surface area contributed by atoms with E-state index in [2.05, 4.69) is 43.2 Å². The molecule has 0 unspecified atom stereocenters. The Bertz CT molecular complexity index is 866. The fraction of sp³-hybridized carbons (Fsp3) is 0.273. The number of anilines is 1. The molecule has 2 aromatic rings. The van der Waals surface area contributed by atoms with Crippen LogP contribution in [-0.2, 0) is 0 Å². The number of amidine groups is 1. The smallest absolute Gasteiger partial charge is 0.185 e. The van der Waals surface area contributed by atoms with E-state index in [1.54, 1.807) is 17.8 Å². The number of benzene rings is 2. The van der Waals surface area contributed by atoms with Crippen LogP contribution in [0.15, 0.2) is 47.5 Å². The van der Waals surface area contributed by atoms with E-state index in [9.17, 15) is 4.79 Å². The minimum Gasteiger partial charge on any atom is -0.335 e. The van der Waals surface area contributed by atoms with E-state index in [1.807, 2.05) is 30.3 Å². The first-order valence-corrected chi connectivity index (χ1v) is 9.86. The van der Waals surface area contributed by atoms with E-state index in [1.165, 1.54) is 16.7 Å². The highest BCUT2D eigenvalue weighted by molar-refractivity contribution is 8.14. The number of aryl methyl sites for hydroxylation is 3. The number of carbonyl (C=O) groups excluding carboxylic acids is 1. The third-order valence-corrected chi connectivity index (χ3v) is 5.51. The highest BCUT2D eigenvalue weighted by atomic mass is 32.2. The average Bonchev–Trinajstić information content (AvgIpc) is 2.65. The van der Waals surface area contributed by atoms with Gasteiger partial charge in [0.1, 0.15) is 0 Å². The fourth-order valence-corrected chi connectivity index (χ4v) is 3.64. The summed E-state index contributed by atoms with van der Waals surface area (Å²) in [5.74, 6) is 1.11. The highest BCUT2D eigenvalue weighted by Gasteiger charge is 2.07. The van der Waals surface area contributed by atoms with Crippen LogP contribution < -0.4 is 5.32 Å². The lowest BCUT2D eigenvalue weighted by Gasteiger charge is -2.13. The molecule has 0 aliphatic carbocycles. The van der Waals surface area contributed by atoms with Crippen molar-refractivity contribution in [3.63, 3.8) is 0 Å². The van der Waals surface area contributed by atoms with Crippen LogP contribution >= 0.6 is 11.8 Å². The second-order valence-corrected chi connectivity index (χ2v) is 7.67. The first kappa shape index (κ1) is 18.5. The van der Waals surface area contributed by atoms with Gasteiger partial charge in [-0.25, -0.2) is 0 Å². The summed E-state index contributed by atoms with van der Waals surface area (Å²) in [7, 11) is 0. The van der Waals surface area contributed by atoms with Crippen molar-refractivity contribution in [3.05, 3.63) is 70.3 Å². The first-order valence-electron chi connectivity index (χ1n) is 8.87. The number of nitrogens with zero attached hydrogens (tertiary/aromatic N) is 1. The minimum absolute atomic E-state index is 0.0126. The predicted molar refractivity (Wildman–Crippen MR) is 113 cm³/mol. The van der Waals surface area contributed by atoms with Crippen molar-refractivity contribution in [2.24, 2.45) is 4.99 Å². The highest BCUT2D eigenvalue weighted by Crippen LogP contribution is 2.19. The molecular weight excluding hydrogens is 340 g/mol. The van der Waals surface area contributed by atoms with Crippen LogP contribution in [0, 0.1) is 20.8 Å². The Labute approximate surface area is 159 Å². The van der Waals surface area contributed by atoms with Crippen LogP contribution in [0.2, 0.25) is 0 Å². The molecule has 0 saturated heterocycles. The van der Waals surface area contributed by atoms with Gasteiger partial charge in [0.2, 0.25) is 0 Å². The summed E-state index contributed by atoms with van der Waals surface area (Å²) in [5, 5.41) is 4.27. The van der Waals surface area contributed by atoms with Crippen molar-refractivity contribution >= 4 is 34.5 Å². The predicted octanol–water partition coefficient (Wildman–Crippen LogP) is 5.41. The lowest BCUT2D eigenvalue weighted by atomic mass is 10.00. The molecule has 1 N–H and O–H groups in total. The van der Waals surface area contributed by atoms with Crippen LogP contribution in [0.1, 0.15) is 39.0 Å². The van der Waals surface area contributed by atoms with E-state index < -0.39 is 0 Å². The van der Waals surface area contributed by atoms with E-state index in [0.717, 1.165) is 35.1 Å². The molecule has 26 heavy (non-hydrogen) atoms. The lowest BCUT2D eigenvalue weighted by molar-refractivity contribution is 0.104. The van der Waals surface area contributed by atoms with Crippen molar-refractivity contribution in [2.45, 2.75) is 27.2 Å². The van der Waals surface area contributed by atoms with Crippen LogP contribution in [-0.4, -0.2) is 23.2 Å². The maximum Gasteiger partial charge on any atom is 0.185 e. The van der Waals surface area contributed by atoms with Crippen molar-refractivity contribution in [1.82, 2.24) is 0 Å². The summed E-state index contributed by atoms with van der Waals surface area (Å²) >= 11 is 1.74. The van der Waals surface area contributed by atoms with Gasteiger partial charge in [0, 0.05) is 23.5 Å². The second kappa shape index (κ2) is 8.37. The Kier molecular flexibility index (Phi) is 5.94. The Balaban J connectivity index is 1.68. The van der Waals surface area contributed by atoms with Gasteiger partial charge < -0.3 is 5.32 Å². The quantitative estimate of drug-likeness (QED) is 0.582.